The maximum Gasteiger partial charge on any atom is 0.245 e. The Bertz CT molecular complexity index is 456. The summed E-state index contributed by atoms with van der Waals surface area (Å²) in [5, 5.41) is 2.85. The molecule has 1 aromatic rings. The third-order valence-electron chi connectivity index (χ3n) is 3.14. The molecule has 1 fully saturated rings. The molecule has 1 aliphatic heterocycles. The van der Waals surface area contributed by atoms with Gasteiger partial charge in [0.2, 0.25) is 5.91 Å². The van der Waals surface area contributed by atoms with Gasteiger partial charge in [-0.25, -0.2) is 4.98 Å². The zero-order chi connectivity index (χ0) is 12.6. The number of hydrogen-bond donors (Lipinski definition) is 2. The Morgan fingerprint density at radius 2 is 2.24 bits per heavy atom. The van der Waals surface area contributed by atoms with Crippen molar-refractivity contribution in [3.63, 3.8) is 0 Å². The van der Waals surface area contributed by atoms with Gasteiger partial charge in [0, 0.05) is 19.3 Å². The van der Waals surface area contributed by atoms with Gasteiger partial charge in [0.1, 0.15) is 5.54 Å². The van der Waals surface area contributed by atoms with Crippen LogP contribution in [-0.2, 0) is 4.79 Å². The molecule has 0 atom stereocenters. The molecule has 1 amide bonds. The van der Waals surface area contributed by atoms with Crippen molar-refractivity contribution >= 4 is 17.4 Å². The molecule has 0 aliphatic carbocycles. The Hall–Kier alpha value is -1.78. The number of carbonyl (C=O) groups is 1. The molecule has 0 saturated carbocycles. The average molecular weight is 234 g/mol. The first-order chi connectivity index (χ1) is 7.93. The number of aryl methyl sites for hydroxylation is 1. The van der Waals surface area contributed by atoms with Crippen LogP contribution in [0.5, 0.6) is 0 Å². The first-order valence-electron chi connectivity index (χ1n) is 5.71. The van der Waals surface area contributed by atoms with Crippen LogP contribution in [0.15, 0.2) is 12.3 Å². The maximum atomic E-state index is 11.9. The lowest BCUT2D eigenvalue weighted by Crippen LogP contribution is -2.62. The minimum absolute atomic E-state index is 0.00512. The number of amides is 1. The third kappa shape index (κ3) is 1.92. The largest absolute Gasteiger partial charge is 0.396 e. The number of nitrogens with zero attached hydrogens (tertiary/aromatic N) is 2. The van der Waals surface area contributed by atoms with Crippen molar-refractivity contribution in [1.82, 2.24) is 10.3 Å². The van der Waals surface area contributed by atoms with Crippen LogP contribution >= 0.6 is 0 Å². The van der Waals surface area contributed by atoms with Crippen molar-refractivity contribution in [3.05, 3.63) is 17.8 Å². The van der Waals surface area contributed by atoms with E-state index in [-0.39, 0.29) is 5.91 Å². The van der Waals surface area contributed by atoms with Crippen molar-refractivity contribution in [2.24, 2.45) is 0 Å². The first-order valence-corrected chi connectivity index (χ1v) is 5.71. The van der Waals surface area contributed by atoms with Gasteiger partial charge in [-0.15, -0.1) is 0 Å². The fraction of sp³-hybridized carbons (Fsp3) is 0.500. The quantitative estimate of drug-likeness (QED) is 0.750. The Balaban J connectivity index is 2.41. The third-order valence-corrected chi connectivity index (χ3v) is 3.14. The lowest BCUT2D eigenvalue weighted by Gasteiger charge is -2.42. The van der Waals surface area contributed by atoms with E-state index in [4.69, 9.17) is 5.73 Å². The first kappa shape index (κ1) is 11.7. The zero-order valence-corrected chi connectivity index (χ0v) is 10.4. The van der Waals surface area contributed by atoms with Crippen molar-refractivity contribution in [2.75, 3.05) is 23.7 Å². The number of aromatic nitrogens is 1. The second kappa shape index (κ2) is 3.91. The summed E-state index contributed by atoms with van der Waals surface area (Å²) < 4.78 is 0. The minimum Gasteiger partial charge on any atom is -0.396 e. The van der Waals surface area contributed by atoms with E-state index >= 15 is 0 Å². The van der Waals surface area contributed by atoms with Gasteiger partial charge in [-0.1, -0.05) is 0 Å². The SMILES string of the molecule is Cc1cnc(N2CCNC(=O)C2(C)C)c(N)c1. The fourth-order valence-electron chi connectivity index (χ4n) is 2.08. The van der Waals surface area contributed by atoms with Crippen molar-refractivity contribution in [1.29, 1.82) is 0 Å². The number of nitrogens with one attached hydrogen (secondary N) is 1. The fourth-order valence-corrected chi connectivity index (χ4v) is 2.08. The second-order valence-corrected chi connectivity index (χ2v) is 4.89. The predicted molar refractivity (Wildman–Crippen MR) is 67.8 cm³/mol. The molecule has 0 aromatic carbocycles. The lowest BCUT2D eigenvalue weighted by molar-refractivity contribution is -0.126. The molecule has 92 valence electrons. The molecular weight excluding hydrogens is 216 g/mol. The summed E-state index contributed by atoms with van der Waals surface area (Å²) >= 11 is 0. The molecule has 0 bridgehead atoms. The van der Waals surface area contributed by atoms with E-state index in [1.165, 1.54) is 0 Å². The van der Waals surface area contributed by atoms with E-state index in [1.807, 2.05) is 31.7 Å². The highest BCUT2D eigenvalue weighted by atomic mass is 16.2. The summed E-state index contributed by atoms with van der Waals surface area (Å²) in [5.41, 5.74) is 7.00. The van der Waals surface area contributed by atoms with Gasteiger partial charge in [-0.3, -0.25) is 4.79 Å². The second-order valence-electron chi connectivity index (χ2n) is 4.89. The molecule has 1 saturated heterocycles. The van der Waals surface area contributed by atoms with Gasteiger partial charge in [0.05, 0.1) is 5.69 Å². The Kier molecular flexibility index (Phi) is 2.69. The van der Waals surface area contributed by atoms with Crippen LogP contribution in [-0.4, -0.2) is 29.5 Å². The Morgan fingerprint density at radius 3 is 2.88 bits per heavy atom. The lowest BCUT2D eigenvalue weighted by atomic mass is 9.98. The monoisotopic (exact) mass is 234 g/mol. The Morgan fingerprint density at radius 1 is 1.53 bits per heavy atom. The molecular formula is C12H18N4O. The van der Waals surface area contributed by atoms with Crippen molar-refractivity contribution in [2.45, 2.75) is 26.3 Å². The molecule has 5 heteroatoms. The molecule has 1 aromatic heterocycles. The summed E-state index contributed by atoms with van der Waals surface area (Å²) in [5.74, 6) is 0.695. The standard InChI is InChI=1S/C12H18N4O/c1-8-6-9(13)10(15-7-8)16-5-4-14-11(17)12(16,2)3/h6-7H,4-5,13H2,1-3H3,(H,14,17). The van der Waals surface area contributed by atoms with Crippen LogP contribution < -0.4 is 16.0 Å². The number of pyridine rings is 1. The van der Waals surface area contributed by atoms with Crippen LogP contribution in [0.3, 0.4) is 0 Å². The van der Waals surface area contributed by atoms with Gasteiger partial charge in [0.15, 0.2) is 5.82 Å². The molecule has 17 heavy (non-hydrogen) atoms. The van der Waals surface area contributed by atoms with E-state index in [0.717, 1.165) is 12.1 Å². The molecule has 2 rings (SSSR count). The molecule has 0 unspecified atom stereocenters. The van der Waals surface area contributed by atoms with Crippen molar-refractivity contribution < 1.29 is 4.79 Å². The number of rotatable bonds is 1. The minimum atomic E-state index is -0.616. The molecule has 0 spiro atoms. The Labute approximate surface area is 101 Å². The van der Waals surface area contributed by atoms with E-state index in [1.54, 1.807) is 6.20 Å². The van der Waals surface area contributed by atoms with Crippen molar-refractivity contribution in [3.8, 4) is 0 Å². The average Bonchev–Trinajstić information content (AvgIpc) is 2.23. The molecule has 0 radical (unpaired) electrons. The van der Waals surface area contributed by atoms with E-state index in [2.05, 4.69) is 10.3 Å². The normalized spacial score (nSPS) is 19.0. The highest BCUT2D eigenvalue weighted by molar-refractivity contribution is 5.91. The van der Waals surface area contributed by atoms with E-state index in [0.29, 0.717) is 18.1 Å². The predicted octanol–water partition coefficient (Wildman–Crippen LogP) is 0.687. The number of nitrogens with two attached hydrogens (primary N) is 1. The highest BCUT2D eigenvalue weighted by Crippen LogP contribution is 2.29. The number of carbonyl (C=O) groups excluding carboxylic acids is 1. The van der Waals surface area contributed by atoms with Crippen LogP contribution in [0.25, 0.3) is 0 Å². The van der Waals surface area contributed by atoms with Gasteiger partial charge in [-0.2, -0.15) is 0 Å². The zero-order valence-electron chi connectivity index (χ0n) is 10.4. The number of piperazine rings is 1. The summed E-state index contributed by atoms with van der Waals surface area (Å²) in [7, 11) is 0. The van der Waals surface area contributed by atoms with E-state index in [9.17, 15) is 4.79 Å². The number of anilines is 2. The van der Waals surface area contributed by atoms with E-state index < -0.39 is 5.54 Å². The summed E-state index contributed by atoms with van der Waals surface area (Å²) in [6.45, 7) is 7.04. The summed E-state index contributed by atoms with van der Waals surface area (Å²) in [4.78, 5) is 18.2. The van der Waals surface area contributed by atoms with Gasteiger partial charge in [-0.05, 0) is 32.4 Å². The smallest absolute Gasteiger partial charge is 0.245 e. The van der Waals surface area contributed by atoms with Crippen LogP contribution in [0.2, 0.25) is 0 Å². The molecule has 3 N–H and O–H groups in total. The molecule has 2 heterocycles. The topological polar surface area (TPSA) is 71.2 Å². The molecule has 1 aliphatic rings. The summed E-state index contributed by atoms with van der Waals surface area (Å²) in [6, 6.07) is 1.88. The van der Waals surface area contributed by atoms with Gasteiger partial charge >= 0.3 is 0 Å². The number of hydrogen-bond acceptors (Lipinski definition) is 4. The summed E-state index contributed by atoms with van der Waals surface area (Å²) in [6.07, 6.45) is 1.77. The highest BCUT2D eigenvalue weighted by Gasteiger charge is 2.38. The number of nitrogen functional groups attached to an aromatic ring is 1. The van der Waals surface area contributed by atoms with Gasteiger partial charge < -0.3 is 16.0 Å². The maximum absolute atomic E-state index is 11.9. The van der Waals surface area contributed by atoms with Crippen LogP contribution in [0, 0.1) is 6.92 Å². The van der Waals surface area contributed by atoms with Crippen LogP contribution in [0.1, 0.15) is 19.4 Å². The van der Waals surface area contributed by atoms with Gasteiger partial charge in [0.25, 0.3) is 0 Å². The molecule has 5 nitrogen and oxygen atoms in total. The van der Waals surface area contributed by atoms with Crippen LogP contribution in [0.4, 0.5) is 11.5 Å².